The SMILES string of the molecule is CCC(CC)N=C1C=CC(=Nc2ccc(N=C3C=CC(=Nc4ccc(C(CC)CC)cc4)C=C3)cc2)C=C1. The number of rotatable bonds is 9. The van der Waals surface area contributed by atoms with E-state index in [1.54, 1.807) is 0 Å². The predicted molar refractivity (Wildman–Crippen MR) is 166 cm³/mol. The van der Waals surface area contributed by atoms with Crippen molar-refractivity contribution in [3.8, 4) is 0 Å². The third-order valence-electron chi connectivity index (χ3n) is 6.95. The largest absolute Gasteiger partial charge is 0.282 e. The van der Waals surface area contributed by atoms with Crippen molar-refractivity contribution in [3.63, 3.8) is 0 Å². The van der Waals surface area contributed by atoms with E-state index in [2.05, 4.69) is 52.0 Å². The van der Waals surface area contributed by atoms with Gasteiger partial charge in [-0.2, -0.15) is 0 Å². The van der Waals surface area contributed by atoms with Crippen LogP contribution in [-0.2, 0) is 0 Å². The lowest BCUT2D eigenvalue weighted by molar-refractivity contribution is 0.633. The first kappa shape index (κ1) is 27.1. The van der Waals surface area contributed by atoms with E-state index < -0.39 is 0 Å². The van der Waals surface area contributed by atoms with Gasteiger partial charge in [-0.15, -0.1) is 0 Å². The molecule has 2 aliphatic carbocycles. The van der Waals surface area contributed by atoms with Crippen LogP contribution < -0.4 is 0 Å². The molecule has 2 aliphatic rings. The molecule has 0 aliphatic heterocycles. The fourth-order valence-electron chi connectivity index (χ4n) is 4.53. The minimum Gasteiger partial charge on any atom is -0.282 e. The van der Waals surface area contributed by atoms with Crippen molar-refractivity contribution in [1.29, 1.82) is 0 Å². The standard InChI is InChI=1S/C34H38N4/c1-5-25(6-2)26-9-11-28(12-10-26)36-30-17-19-32(20-18-30)38-34-23-21-33(22-24-34)37-31-15-13-29(14-16-31)35-27(7-3)8-4/h9-25,27H,5-8H2,1-4H3. The maximum absolute atomic E-state index is 4.78. The average Bonchev–Trinajstić information content (AvgIpc) is 2.96. The maximum Gasteiger partial charge on any atom is 0.0638 e. The number of hydrogen-bond donors (Lipinski definition) is 0. The lowest BCUT2D eigenvalue weighted by Crippen LogP contribution is -2.06. The van der Waals surface area contributed by atoms with Gasteiger partial charge in [0.25, 0.3) is 0 Å². The fraction of sp³-hybridized carbons (Fsp3) is 0.294. The van der Waals surface area contributed by atoms with E-state index in [4.69, 9.17) is 20.0 Å². The van der Waals surface area contributed by atoms with Crippen molar-refractivity contribution in [3.05, 3.63) is 103 Å². The van der Waals surface area contributed by atoms with Gasteiger partial charge < -0.3 is 0 Å². The number of benzene rings is 2. The van der Waals surface area contributed by atoms with E-state index in [1.165, 1.54) is 18.4 Å². The van der Waals surface area contributed by atoms with Gasteiger partial charge in [0, 0.05) is 0 Å². The molecule has 2 aromatic rings. The summed E-state index contributed by atoms with van der Waals surface area (Å²) in [6.45, 7) is 8.85. The van der Waals surface area contributed by atoms with E-state index in [0.717, 1.165) is 52.8 Å². The van der Waals surface area contributed by atoms with E-state index in [-0.39, 0.29) is 0 Å². The smallest absolute Gasteiger partial charge is 0.0638 e. The monoisotopic (exact) mass is 502 g/mol. The quantitative estimate of drug-likeness (QED) is 0.307. The normalized spacial score (nSPS) is 14.6. The summed E-state index contributed by atoms with van der Waals surface area (Å²) < 4.78 is 0. The lowest BCUT2D eigenvalue weighted by atomic mass is 9.94. The van der Waals surface area contributed by atoms with Crippen LogP contribution in [-0.4, -0.2) is 28.9 Å². The third-order valence-corrected chi connectivity index (χ3v) is 6.95. The molecule has 0 heterocycles. The summed E-state index contributed by atoms with van der Waals surface area (Å²) in [7, 11) is 0. The Morgan fingerprint density at radius 1 is 0.447 bits per heavy atom. The fourth-order valence-corrected chi connectivity index (χ4v) is 4.53. The lowest BCUT2D eigenvalue weighted by Gasteiger charge is -2.12. The molecule has 0 fully saturated rings. The van der Waals surface area contributed by atoms with E-state index in [1.807, 2.05) is 72.9 Å². The Morgan fingerprint density at radius 2 is 0.789 bits per heavy atom. The molecule has 0 radical (unpaired) electrons. The highest BCUT2D eigenvalue weighted by Crippen LogP contribution is 2.25. The molecule has 38 heavy (non-hydrogen) atoms. The average molecular weight is 503 g/mol. The van der Waals surface area contributed by atoms with Crippen molar-refractivity contribution in [2.45, 2.75) is 65.3 Å². The molecule has 2 aromatic carbocycles. The summed E-state index contributed by atoms with van der Waals surface area (Å²) in [4.78, 5) is 19.0. The Morgan fingerprint density at radius 3 is 1.13 bits per heavy atom. The van der Waals surface area contributed by atoms with Gasteiger partial charge in [-0.25, -0.2) is 15.0 Å². The summed E-state index contributed by atoms with van der Waals surface area (Å²) in [5.74, 6) is 0.625. The van der Waals surface area contributed by atoms with Crippen LogP contribution in [0, 0.1) is 0 Å². The van der Waals surface area contributed by atoms with Crippen molar-refractivity contribution in [1.82, 2.24) is 0 Å². The number of nitrogens with zero attached hydrogens (tertiary/aromatic N) is 4. The topological polar surface area (TPSA) is 49.4 Å². The van der Waals surface area contributed by atoms with Gasteiger partial charge in [-0.3, -0.25) is 4.99 Å². The molecule has 194 valence electrons. The molecule has 0 N–H and O–H groups in total. The molecule has 4 nitrogen and oxygen atoms in total. The molecular weight excluding hydrogens is 464 g/mol. The van der Waals surface area contributed by atoms with Crippen molar-refractivity contribution in [2.24, 2.45) is 20.0 Å². The van der Waals surface area contributed by atoms with Gasteiger partial charge in [-0.1, -0.05) is 39.8 Å². The zero-order valence-corrected chi connectivity index (χ0v) is 23.0. The zero-order valence-electron chi connectivity index (χ0n) is 23.0. The highest BCUT2D eigenvalue weighted by Gasteiger charge is 2.07. The Hall–Kier alpha value is -3.92. The molecule has 0 atom stereocenters. The van der Waals surface area contributed by atoms with Gasteiger partial charge in [0.2, 0.25) is 0 Å². The summed E-state index contributed by atoms with van der Waals surface area (Å²) in [6.07, 6.45) is 20.6. The van der Waals surface area contributed by atoms with Gasteiger partial charge >= 0.3 is 0 Å². The van der Waals surface area contributed by atoms with Gasteiger partial charge in [-0.05, 0) is 122 Å². The van der Waals surface area contributed by atoms with Crippen LogP contribution in [0.5, 0.6) is 0 Å². The Balaban J connectivity index is 1.36. The van der Waals surface area contributed by atoms with Crippen LogP contribution in [0.2, 0.25) is 0 Å². The first-order chi connectivity index (χ1) is 18.6. The van der Waals surface area contributed by atoms with Crippen LogP contribution in [0.25, 0.3) is 0 Å². The van der Waals surface area contributed by atoms with Crippen molar-refractivity contribution >= 4 is 39.9 Å². The van der Waals surface area contributed by atoms with Crippen LogP contribution in [0.1, 0.15) is 64.9 Å². The Bertz CT molecular complexity index is 1290. The molecule has 0 bridgehead atoms. The highest BCUT2D eigenvalue weighted by molar-refractivity contribution is 6.20. The molecular formula is C34H38N4. The number of hydrogen-bond acceptors (Lipinski definition) is 4. The van der Waals surface area contributed by atoms with E-state index in [9.17, 15) is 0 Å². The van der Waals surface area contributed by atoms with Crippen LogP contribution in [0.4, 0.5) is 17.1 Å². The molecule has 0 unspecified atom stereocenters. The number of allylic oxidation sites excluding steroid dienone is 8. The third kappa shape index (κ3) is 7.55. The molecule has 4 heteroatoms. The molecule has 0 saturated carbocycles. The summed E-state index contributed by atoms with van der Waals surface area (Å²) >= 11 is 0. The van der Waals surface area contributed by atoms with Gasteiger partial charge in [0.15, 0.2) is 0 Å². The molecule has 0 amide bonds. The Kier molecular flexibility index (Phi) is 9.69. The molecule has 4 rings (SSSR count). The van der Waals surface area contributed by atoms with Crippen molar-refractivity contribution < 1.29 is 0 Å². The van der Waals surface area contributed by atoms with E-state index in [0.29, 0.717) is 12.0 Å². The van der Waals surface area contributed by atoms with Crippen LogP contribution in [0.15, 0.2) is 117 Å². The molecule has 0 aromatic heterocycles. The summed E-state index contributed by atoms with van der Waals surface area (Å²) in [5.41, 5.74) is 7.91. The molecule has 0 spiro atoms. The van der Waals surface area contributed by atoms with E-state index >= 15 is 0 Å². The van der Waals surface area contributed by atoms with Crippen LogP contribution >= 0.6 is 0 Å². The van der Waals surface area contributed by atoms with Crippen LogP contribution in [0.3, 0.4) is 0 Å². The van der Waals surface area contributed by atoms with Gasteiger partial charge in [0.1, 0.15) is 0 Å². The van der Waals surface area contributed by atoms with Gasteiger partial charge in [0.05, 0.1) is 46.0 Å². The second-order valence-electron chi connectivity index (χ2n) is 9.59. The summed E-state index contributed by atoms with van der Waals surface area (Å²) in [6, 6.07) is 17.0. The second-order valence-corrected chi connectivity index (χ2v) is 9.59. The minimum atomic E-state index is 0.385. The first-order valence-corrected chi connectivity index (χ1v) is 13.9. The second kappa shape index (κ2) is 13.6. The maximum atomic E-state index is 4.78. The van der Waals surface area contributed by atoms with Crippen molar-refractivity contribution in [2.75, 3.05) is 0 Å². The Labute approximate surface area is 227 Å². The predicted octanol–water partition coefficient (Wildman–Crippen LogP) is 9.39. The minimum absolute atomic E-state index is 0.385. The summed E-state index contributed by atoms with van der Waals surface area (Å²) in [5, 5.41) is 0. The highest BCUT2D eigenvalue weighted by atomic mass is 14.8. The zero-order chi connectivity index (χ0) is 26.7. The molecule has 0 saturated heterocycles. The first-order valence-electron chi connectivity index (χ1n) is 13.9. The number of aliphatic imine (C=N–C) groups is 4.